The van der Waals surface area contributed by atoms with Crippen molar-refractivity contribution < 1.29 is 9.90 Å². The maximum atomic E-state index is 12.0. The van der Waals surface area contributed by atoms with E-state index >= 15 is 0 Å². The number of hydrogen-bond donors (Lipinski definition) is 4. The van der Waals surface area contributed by atoms with E-state index in [4.69, 9.17) is 5.73 Å². The second-order valence-corrected chi connectivity index (χ2v) is 6.06. The summed E-state index contributed by atoms with van der Waals surface area (Å²) in [6.07, 6.45) is 3.23. The predicted molar refractivity (Wildman–Crippen MR) is 110 cm³/mol. The zero-order chi connectivity index (χ0) is 19.1. The molecular weight excluding hydrogens is 338 g/mol. The van der Waals surface area contributed by atoms with Crippen LogP contribution < -0.4 is 16.4 Å². The van der Waals surface area contributed by atoms with E-state index in [1.807, 2.05) is 42.5 Å². The summed E-state index contributed by atoms with van der Waals surface area (Å²) in [6, 6.07) is 22.0. The third kappa shape index (κ3) is 5.37. The zero-order valence-electron chi connectivity index (χ0n) is 14.7. The van der Waals surface area contributed by atoms with Crippen LogP contribution in [0.25, 0.3) is 6.08 Å². The molecule has 0 spiro atoms. The molecule has 136 valence electrons. The van der Waals surface area contributed by atoms with E-state index in [1.54, 1.807) is 36.4 Å². The number of nitrogens with two attached hydrogens (primary N) is 1. The molecule has 0 atom stereocenters. The van der Waals surface area contributed by atoms with Crippen LogP contribution in [0.3, 0.4) is 0 Å². The van der Waals surface area contributed by atoms with Crippen LogP contribution in [0.5, 0.6) is 5.75 Å². The second-order valence-electron chi connectivity index (χ2n) is 6.06. The molecular formula is C22H21N3O2. The number of phenols is 1. The fourth-order valence-electron chi connectivity index (χ4n) is 2.52. The molecule has 0 saturated carbocycles. The number of carbonyl (C=O) groups is 1. The highest BCUT2D eigenvalue weighted by atomic mass is 16.3. The van der Waals surface area contributed by atoms with Crippen molar-refractivity contribution in [3.63, 3.8) is 0 Å². The minimum absolute atomic E-state index is 0.232. The van der Waals surface area contributed by atoms with Gasteiger partial charge >= 0.3 is 0 Å². The first-order valence-corrected chi connectivity index (χ1v) is 8.55. The Balaban J connectivity index is 1.54. The molecule has 1 amide bonds. The van der Waals surface area contributed by atoms with Crippen LogP contribution in [0.2, 0.25) is 0 Å². The van der Waals surface area contributed by atoms with Gasteiger partial charge in [0.25, 0.3) is 0 Å². The molecule has 3 aromatic carbocycles. The van der Waals surface area contributed by atoms with Crippen LogP contribution in [0.15, 0.2) is 78.9 Å². The summed E-state index contributed by atoms with van der Waals surface area (Å²) in [7, 11) is 0. The Labute approximate surface area is 158 Å². The van der Waals surface area contributed by atoms with Crippen molar-refractivity contribution in [3.8, 4) is 5.75 Å². The predicted octanol–water partition coefficient (Wildman–Crippen LogP) is 4.24. The number of rotatable bonds is 6. The number of nitrogen functional groups attached to an aromatic ring is 1. The fourth-order valence-corrected chi connectivity index (χ4v) is 2.52. The summed E-state index contributed by atoms with van der Waals surface area (Å²) in [6.45, 7) is 0.640. The summed E-state index contributed by atoms with van der Waals surface area (Å²) in [4.78, 5) is 12.0. The molecule has 0 saturated heterocycles. The Morgan fingerprint density at radius 2 is 1.78 bits per heavy atom. The monoisotopic (exact) mass is 359 g/mol. The van der Waals surface area contributed by atoms with Crippen LogP contribution in [-0.4, -0.2) is 11.0 Å². The molecule has 0 radical (unpaired) electrons. The van der Waals surface area contributed by atoms with Gasteiger partial charge in [-0.15, -0.1) is 0 Å². The number of anilines is 3. The van der Waals surface area contributed by atoms with Gasteiger partial charge in [-0.2, -0.15) is 0 Å². The lowest BCUT2D eigenvalue weighted by Crippen LogP contribution is -2.09. The largest absolute Gasteiger partial charge is 0.508 e. The number of aromatic hydroxyl groups is 1. The molecule has 3 rings (SSSR count). The normalized spacial score (nSPS) is 10.7. The highest BCUT2D eigenvalue weighted by Crippen LogP contribution is 2.18. The number of nitrogens with one attached hydrogen (secondary N) is 2. The van der Waals surface area contributed by atoms with Crippen molar-refractivity contribution in [2.45, 2.75) is 6.54 Å². The van der Waals surface area contributed by atoms with Crippen molar-refractivity contribution >= 4 is 29.0 Å². The lowest BCUT2D eigenvalue weighted by Gasteiger charge is -2.07. The average molecular weight is 359 g/mol. The van der Waals surface area contributed by atoms with Gasteiger partial charge in [-0.3, -0.25) is 4.79 Å². The molecule has 0 fully saturated rings. The summed E-state index contributed by atoms with van der Waals surface area (Å²) >= 11 is 0. The van der Waals surface area contributed by atoms with E-state index in [1.165, 1.54) is 6.08 Å². The third-order valence-corrected chi connectivity index (χ3v) is 3.97. The first kappa shape index (κ1) is 18.1. The van der Waals surface area contributed by atoms with E-state index in [9.17, 15) is 9.90 Å². The van der Waals surface area contributed by atoms with Gasteiger partial charge in [-0.25, -0.2) is 0 Å². The highest BCUT2D eigenvalue weighted by Gasteiger charge is 2.01. The number of amides is 1. The Kier molecular flexibility index (Phi) is 5.74. The van der Waals surface area contributed by atoms with Crippen LogP contribution in [-0.2, 0) is 11.3 Å². The maximum Gasteiger partial charge on any atom is 0.248 e. The van der Waals surface area contributed by atoms with E-state index in [-0.39, 0.29) is 11.7 Å². The van der Waals surface area contributed by atoms with Gasteiger partial charge in [0, 0.05) is 24.4 Å². The van der Waals surface area contributed by atoms with Crippen molar-refractivity contribution in [2.75, 3.05) is 16.4 Å². The molecule has 0 aliphatic rings. The molecule has 3 aromatic rings. The molecule has 0 aromatic heterocycles. The fraction of sp³-hybridized carbons (Fsp3) is 0.0455. The zero-order valence-corrected chi connectivity index (χ0v) is 14.7. The molecule has 0 bridgehead atoms. The number of para-hydroxylation sites is 2. The SMILES string of the molecule is Nc1ccccc1NC(=O)C=Cc1ccc(CNc2cccc(O)c2)cc1. The number of benzene rings is 3. The number of carbonyl (C=O) groups excluding carboxylic acids is 1. The second kappa shape index (κ2) is 8.58. The minimum atomic E-state index is -0.234. The Morgan fingerprint density at radius 1 is 1.00 bits per heavy atom. The van der Waals surface area contributed by atoms with Crippen molar-refractivity contribution in [1.29, 1.82) is 0 Å². The Hall–Kier alpha value is -3.73. The molecule has 27 heavy (non-hydrogen) atoms. The summed E-state index contributed by atoms with van der Waals surface area (Å²) in [5.41, 5.74) is 9.82. The lowest BCUT2D eigenvalue weighted by molar-refractivity contribution is -0.111. The number of phenolic OH excluding ortho intramolecular Hbond substituents is 1. The van der Waals surface area contributed by atoms with Gasteiger partial charge < -0.3 is 21.5 Å². The minimum Gasteiger partial charge on any atom is -0.508 e. The maximum absolute atomic E-state index is 12.0. The molecule has 5 heteroatoms. The van der Waals surface area contributed by atoms with Gasteiger partial charge in [0.15, 0.2) is 0 Å². The van der Waals surface area contributed by atoms with Crippen LogP contribution in [0.1, 0.15) is 11.1 Å². The van der Waals surface area contributed by atoms with Gasteiger partial charge in [-0.05, 0) is 41.5 Å². The van der Waals surface area contributed by atoms with Crippen LogP contribution in [0, 0.1) is 0 Å². The average Bonchev–Trinajstić information content (AvgIpc) is 2.67. The van der Waals surface area contributed by atoms with Gasteiger partial charge in [0.1, 0.15) is 5.75 Å². The summed E-state index contributed by atoms with van der Waals surface area (Å²) in [5, 5.41) is 15.5. The highest BCUT2D eigenvalue weighted by molar-refractivity contribution is 6.03. The van der Waals surface area contributed by atoms with E-state index in [2.05, 4.69) is 10.6 Å². The molecule has 5 N–H and O–H groups in total. The standard InChI is InChI=1S/C22H21N3O2/c23-20-6-1-2-7-21(20)25-22(27)13-12-16-8-10-17(11-9-16)15-24-18-4-3-5-19(26)14-18/h1-14,24,26H,15,23H2,(H,25,27). The first-order valence-electron chi connectivity index (χ1n) is 8.55. The van der Waals surface area contributed by atoms with E-state index in [0.717, 1.165) is 16.8 Å². The smallest absolute Gasteiger partial charge is 0.248 e. The topological polar surface area (TPSA) is 87.4 Å². The third-order valence-electron chi connectivity index (χ3n) is 3.97. The van der Waals surface area contributed by atoms with Gasteiger partial charge in [0.05, 0.1) is 11.4 Å². The quantitative estimate of drug-likeness (QED) is 0.392. The number of hydrogen-bond acceptors (Lipinski definition) is 4. The summed E-state index contributed by atoms with van der Waals surface area (Å²) in [5.74, 6) is -0.00134. The molecule has 5 nitrogen and oxygen atoms in total. The molecule has 0 aliphatic carbocycles. The van der Waals surface area contributed by atoms with Crippen LogP contribution in [0.4, 0.5) is 17.1 Å². The van der Waals surface area contributed by atoms with Crippen molar-refractivity contribution in [2.24, 2.45) is 0 Å². The molecule has 0 unspecified atom stereocenters. The van der Waals surface area contributed by atoms with Crippen LogP contribution >= 0.6 is 0 Å². The van der Waals surface area contributed by atoms with Gasteiger partial charge in [-0.1, -0.05) is 42.5 Å². The van der Waals surface area contributed by atoms with E-state index in [0.29, 0.717) is 17.9 Å². The lowest BCUT2D eigenvalue weighted by atomic mass is 10.1. The Bertz CT molecular complexity index is 950. The van der Waals surface area contributed by atoms with Crippen molar-refractivity contribution in [1.82, 2.24) is 0 Å². The Morgan fingerprint density at radius 3 is 2.52 bits per heavy atom. The molecule has 0 heterocycles. The first-order chi connectivity index (χ1) is 13.1. The van der Waals surface area contributed by atoms with Crippen molar-refractivity contribution in [3.05, 3.63) is 90.0 Å². The van der Waals surface area contributed by atoms with E-state index < -0.39 is 0 Å². The summed E-state index contributed by atoms with van der Waals surface area (Å²) < 4.78 is 0. The molecule has 0 aliphatic heterocycles. The van der Waals surface area contributed by atoms with Gasteiger partial charge in [0.2, 0.25) is 5.91 Å².